The fourth-order valence-electron chi connectivity index (χ4n) is 2.05. The first-order valence-corrected chi connectivity index (χ1v) is 6.28. The standard InChI is InChI=1S/C13H22N4/c1-10(2)13(6-7-13)9-15-11-5-8-14-12(16-11)17(3)4/h5,8,10H,6-7,9H2,1-4H3,(H,14,15,16). The molecule has 4 nitrogen and oxygen atoms in total. The molecule has 4 heteroatoms. The van der Waals surface area contributed by atoms with Crippen molar-refractivity contribution in [2.24, 2.45) is 11.3 Å². The van der Waals surface area contributed by atoms with Gasteiger partial charge in [-0.3, -0.25) is 0 Å². The van der Waals surface area contributed by atoms with Gasteiger partial charge >= 0.3 is 0 Å². The molecule has 94 valence electrons. The molecule has 0 spiro atoms. The third-order valence-electron chi connectivity index (χ3n) is 3.78. The van der Waals surface area contributed by atoms with E-state index in [4.69, 9.17) is 0 Å². The summed E-state index contributed by atoms with van der Waals surface area (Å²) in [6.07, 6.45) is 4.48. The van der Waals surface area contributed by atoms with Gasteiger partial charge in [0.1, 0.15) is 5.82 Å². The van der Waals surface area contributed by atoms with Crippen LogP contribution in [0, 0.1) is 11.3 Å². The number of nitrogens with one attached hydrogen (secondary N) is 1. The largest absolute Gasteiger partial charge is 0.369 e. The van der Waals surface area contributed by atoms with Crippen molar-refractivity contribution in [2.75, 3.05) is 30.9 Å². The molecule has 0 aliphatic heterocycles. The highest BCUT2D eigenvalue weighted by molar-refractivity contribution is 5.40. The SMILES string of the molecule is CC(C)C1(CNc2ccnc(N(C)C)n2)CC1. The predicted molar refractivity (Wildman–Crippen MR) is 71.4 cm³/mol. The lowest BCUT2D eigenvalue weighted by Crippen LogP contribution is -2.22. The number of hydrogen-bond donors (Lipinski definition) is 1. The summed E-state index contributed by atoms with van der Waals surface area (Å²) >= 11 is 0. The Kier molecular flexibility index (Phi) is 3.22. The van der Waals surface area contributed by atoms with Crippen molar-refractivity contribution in [1.82, 2.24) is 9.97 Å². The van der Waals surface area contributed by atoms with Crippen LogP contribution < -0.4 is 10.2 Å². The summed E-state index contributed by atoms with van der Waals surface area (Å²) in [5, 5.41) is 3.45. The third kappa shape index (κ3) is 2.68. The lowest BCUT2D eigenvalue weighted by Gasteiger charge is -2.20. The Morgan fingerprint density at radius 1 is 1.41 bits per heavy atom. The molecule has 1 heterocycles. The fourth-order valence-corrected chi connectivity index (χ4v) is 2.05. The van der Waals surface area contributed by atoms with Crippen LogP contribution in [0.15, 0.2) is 12.3 Å². The van der Waals surface area contributed by atoms with E-state index >= 15 is 0 Å². The molecule has 0 radical (unpaired) electrons. The van der Waals surface area contributed by atoms with Gasteiger partial charge < -0.3 is 10.2 Å². The van der Waals surface area contributed by atoms with Gasteiger partial charge in [0.2, 0.25) is 5.95 Å². The van der Waals surface area contributed by atoms with E-state index < -0.39 is 0 Å². The summed E-state index contributed by atoms with van der Waals surface area (Å²) in [5.41, 5.74) is 0.503. The fraction of sp³-hybridized carbons (Fsp3) is 0.692. The van der Waals surface area contributed by atoms with Gasteiger partial charge in [-0.25, -0.2) is 4.98 Å². The Morgan fingerprint density at radius 2 is 2.12 bits per heavy atom. The van der Waals surface area contributed by atoms with Gasteiger partial charge in [-0.1, -0.05) is 13.8 Å². The van der Waals surface area contributed by atoms with Crippen LogP contribution in [-0.4, -0.2) is 30.6 Å². The third-order valence-corrected chi connectivity index (χ3v) is 3.78. The Hall–Kier alpha value is -1.32. The monoisotopic (exact) mass is 234 g/mol. The summed E-state index contributed by atoms with van der Waals surface area (Å²) in [7, 11) is 3.91. The van der Waals surface area contributed by atoms with Gasteiger partial charge in [0.05, 0.1) is 0 Å². The molecule has 0 amide bonds. The second-order valence-corrected chi connectivity index (χ2v) is 5.51. The molecule has 0 aromatic carbocycles. The van der Waals surface area contributed by atoms with E-state index in [1.807, 2.05) is 25.1 Å². The van der Waals surface area contributed by atoms with Crippen molar-refractivity contribution >= 4 is 11.8 Å². The minimum Gasteiger partial charge on any atom is -0.369 e. The number of rotatable bonds is 5. The first-order chi connectivity index (χ1) is 8.03. The minimum absolute atomic E-state index is 0.503. The van der Waals surface area contributed by atoms with Crippen LogP contribution in [0.1, 0.15) is 26.7 Å². The molecule has 0 bridgehead atoms. The number of aromatic nitrogens is 2. The van der Waals surface area contributed by atoms with E-state index in [-0.39, 0.29) is 0 Å². The van der Waals surface area contributed by atoms with Crippen LogP contribution in [-0.2, 0) is 0 Å². The van der Waals surface area contributed by atoms with Crippen molar-refractivity contribution in [3.8, 4) is 0 Å². The average Bonchev–Trinajstić information content (AvgIpc) is 3.08. The molecule has 0 unspecified atom stereocenters. The molecule has 17 heavy (non-hydrogen) atoms. The van der Waals surface area contributed by atoms with Crippen molar-refractivity contribution < 1.29 is 0 Å². The zero-order chi connectivity index (χ0) is 12.5. The van der Waals surface area contributed by atoms with Crippen molar-refractivity contribution in [2.45, 2.75) is 26.7 Å². The molecule has 1 aromatic heterocycles. The zero-order valence-electron chi connectivity index (χ0n) is 11.2. The highest BCUT2D eigenvalue weighted by atomic mass is 15.2. The van der Waals surface area contributed by atoms with E-state index in [2.05, 4.69) is 29.1 Å². The van der Waals surface area contributed by atoms with Crippen LogP contribution in [0.25, 0.3) is 0 Å². The highest BCUT2D eigenvalue weighted by Crippen LogP contribution is 2.51. The van der Waals surface area contributed by atoms with Crippen LogP contribution in [0.3, 0.4) is 0 Å². The second-order valence-electron chi connectivity index (χ2n) is 5.51. The van der Waals surface area contributed by atoms with Crippen LogP contribution in [0.2, 0.25) is 0 Å². The Labute approximate surface area is 103 Å². The smallest absolute Gasteiger partial charge is 0.226 e. The molecule has 1 N–H and O–H groups in total. The van der Waals surface area contributed by atoms with Crippen molar-refractivity contribution in [3.05, 3.63) is 12.3 Å². The average molecular weight is 234 g/mol. The molecule has 1 aliphatic carbocycles. The molecule has 2 rings (SSSR count). The van der Waals surface area contributed by atoms with Gasteiger partial charge in [0.15, 0.2) is 0 Å². The van der Waals surface area contributed by atoms with Gasteiger partial charge in [0, 0.05) is 26.8 Å². The lowest BCUT2D eigenvalue weighted by molar-refractivity contribution is 0.380. The van der Waals surface area contributed by atoms with Crippen molar-refractivity contribution in [1.29, 1.82) is 0 Å². The predicted octanol–water partition coefficient (Wildman–Crippen LogP) is 2.39. The maximum atomic E-state index is 4.47. The summed E-state index contributed by atoms with van der Waals surface area (Å²) < 4.78 is 0. The van der Waals surface area contributed by atoms with E-state index in [0.29, 0.717) is 5.41 Å². The summed E-state index contributed by atoms with van der Waals surface area (Å²) in [6.45, 7) is 5.63. The lowest BCUT2D eigenvalue weighted by atomic mass is 9.92. The normalized spacial score (nSPS) is 17.0. The Balaban J connectivity index is 1.97. The molecule has 1 fully saturated rings. The Morgan fingerprint density at radius 3 is 2.65 bits per heavy atom. The molecule has 0 saturated heterocycles. The molecule has 1 saturated carbocycles. The quantitative estimate of drug-likeness (QED) is 0.849. The Bertz CT molecular complexity index is 383. The molecule has 0 atom stereocenters. The van der Waals surface area contributed by atoms with Gasteiger partial charge in [-0.2, -0.15) is 4.98 Å². The molecular weight excluding hydrogens is 212 g/mol. The van der Waals surface area contributed by atoms with Gasteiger partial charge in [-0.15, -0.1) is 0 Å². The minimum atomic E-state index is 0.503. The summed E-state index contributed by atoms with van der Waals surface area (Å²) in [5.74, 6) is 2.42. The maximum Gasteiger partial charge on any atom is 0.226 e. The van der Waals surface area contributed by atoms with E-state index in [0.717, 1.165) is 24.2 Å². The van der Waals surface area contributed by atoms with E-state index in [9.17, 15) is 0 Å². The van der Waals surface area contributed by atoms with Gasteiger partial charge in [0.25, 0.3) is 0 Å². The molecular formula is C13H22N4. The first-order valence-electron chi connectivity index (χ1n) is 6.28. The molecule has 1 aromatic rings. The van der Waals surface area contributed by atoms with E-state index in [1.54, 1.807) is 6.20 Å². The molecule has 1 aliphatic rings. The number of hydrogen-bond acceptors (Lipinski definition) is 4. The summed E-state index contributed by atoms with van der Waals surface area (Å²) in [4.78, 5) is 10.6. The van der Waals surface area contributed by atoms with Gasteiger partial charge in [-0.05, 0) is 30.2 Å². The number of nitrogens with zero attached hydrogens (tertiary/aromatic N) is 3. The highest BCUT2D eigenvalue weighted by Gasteiger charge is 2.44. The van der Waals surface area contributed by atoms with Crippen LogP contribution >= 0.6 is 0 Å². The number of anilines is 2. The second kappa shape index (κ2) is 4.51. The first kappa shape index (κ1) is 12.1. The van der Waals surface area contributed by atoms with Crippen molar-refractivity contribution in [3.63, 3.8) is 0 Å². The van der Waals surface area contributed by atoms with Crippen LogP contribution in [0.4, 0.5) is 11.8 Å². The van der Waals surface area contributed by atoms with Crippen LogP contribution in [0.5, 0.6) is 0 Å². The zero-order valence-corrected chi connectivity index (χ0v) is 11.2. The topological polar surface area (TPSA) is 41.1 Å². The maximum absolute atomic E-state index is 4.47. The summed E-state index contributed by atoms with van der Waals surface area (Å²) in [6, 6.07) is 1.93. The van der Waals surface area contributed by atoms with E-state index in [1.165, 1.54) is 12.8 Å².